The van der Waals surface area contributed by atoms with Crippen molar-refractivity contribution in [1.29, 1.82) is 0 Å². The van der Waals surface area contributed by atoms with Gasteiger partial charge in [-0.25, -0.2) is 0 Å². The van der Waals surface area contributed by atoms with Crippen molar-refractivity contribution < 1.29 is 0 Å². The van der Waals surface area contributed by atoms with E-state index in [9.17, 15) is 0 Å². The maximum absolute atomic E-state index is 5.13. The van der Waals surface area contributed by atoms with Crippen LogP contribution in [-0.2, 0) is 0 Å². The SMILES string of the molecule is CCCCCSc1cc(Nc2nc(Nc3cc(SCCCCC)c(SCCCCC)c(SCCCCC)c3)nc(-c3ccc(C)cc3)n2)cc(SCCCCC)c1SCCCCC. The molecular weight excluding hydrogens is 887 g/mol. The monoisotopic (exact) mass is 965 g/mol. The summed E-state index contributed by atoms with van der Waals surface area (Å²) in [4.78, 5) is 23.8. The number of anilines is 4. The van der Waals surface area contributed by atoms with E-state index in [4.69, 9.17) is 15.0 Å². The van der Waals surface area contributed by atoms with Crippen molar-refractivity contribution in [3.63, 3.8) is 0 Å². The van der Waals surface area contributed by atoms with Crippen LogP contribution in [0.5, 0.6) is 0 Å². The van der Waals surface area contributed by atoms with Gasteiger partial charge < -0.3 is 10.6 Å². The van der Waals surface area contributed by atoms with Crippen LogP contribution in [0.25, 0.3) is 11.4 Å². The summed E-state index contributed by atoms with van der Waals surface area (Å²) in [5.41, 5.74) is 4.27. The molecule has 0 radical (unpaired) electrons. The third-order valence-corrected chi connectivity index (χ3v) is 18.0. The van der Waals surface area contributed by atoms with E-state index >= 15 is 0 Å². The van der Waals surface area contributed by atoms with Crippen LogP contribution >= 0.6 is 70.6 Å². The maximum Gasteiger partial charge on any atom is 0.232 e. The number of hydrogen-bond acceptors (Lipinski definition) is 11. The van der Waals surface area contributed by atoms with Gasteiger partial charge in [0.25, 0.3) is 0 Å². The highest BCUT2D eigenvalue weighted by atomic mass is 32.2. The number of nitrogens with one attached hydrogen (secondary N) is 2. The Bertz CT molecular complexity index is 1680. The Morgan fingerprint density at radius 1 is 0.381 bits per heavy atom. The first-order valence-corrected chi connectivity index (χ1v) is 30.3. The summed E-state index contributed by atoms with van der Waals surface area (Å²) >= 11 is 12.2. The molecule has 3 aromatic carbocycles. The molecule has 0 bridgehead atoms. The highest BCUT2D eigenvalue weighted by molar-refractivity contribution is 8.04. The number of aryl methyl sites for hydroxylation is 1. The van der Waals surface area contributed by atoms with Crippen LogP contribution in [-0.4, -0.2) is 49.5 Å². The molecule has 0 saturated carbocycles. The number of aromatic nitrogens is 3. The van der Waals surface area contributed by atoms with Crippen LogP contribution in [0.15, 0.2) is 77.9 Å². The zero-order valence-electron chi connectivity index (χ0n) is 39.9. The predicted molar refractivity (Wildman–Crippen MR) is 291 cm³/mol. The van der Waals surface area contributed by atoms with E-state index in [1.54, 1.807) is 0 Å². The third-order valence-electron chi connectivity index (χ3n) is 10.5. The topological polar surface area (TPSA) is 62.7 Å². The molecule has 11 heteroatoms. The second kappa shape index (κ2) is 32.9. The largest absolute Gasteiger partial charge is 0.324 e. The van der Waals surface area contributed by atoms with Crippen LogP contribution in [0.3, 0.4) is 0 Å². The number of unbranched alkanes of at least 4 members (excludes halogenated alkanes) is 12. The molecule has 0 saturated heterocycles. The second-order valence-corrected chi connectivity index (χ2v) is 23.1. The van der Waals surface area contributed by atoms with E-state index in [2.05, 4.69) is 131 Å². The lowest BCUT2D eigenvalue weighted by molar-refractivity contribution is 0.776. The Morgan fingerprint density at radius 3 is 0.984 bits per heavy atom. The molecule has 4 rings (SSSR count). The number of thioether (sulfide) groups is 6. The van der Waals surface area contributed by atoms with Gasteiger partial charge in [-0.05, 0) is 104 Å². The second-order valence-electron chi connectivity index (χ2n) is 16.4. The van der Waals surface area contributed by atoms with Crippen molar-refractivity contribution in [2.75, 3.05) is 45.2 Å². The number of benzene rings is 3. The van der Waals surface area contributed by atoms with E-state index in [0.717, 1.165) is 51.5 Å². The molecule has 0 unspecified atom stereocenters. The molecule has 0 atom stereocenters. The van der Waals surface area contributed by atoms with Gasteiger partial charge in [-0.3, -0.25) is 0 Å². The average Bonchev–Trinajstić information content (AvgIpc) is 3.28. The summed E-state index contributed by atoms with van der Waals surface area (Å²) in [6.07, 6.45) is 22.5. The predicted octanol–water partition coefficient (Wildman–Crippen LogP) is 19.0. The molecule has 0 aliphatic carbocycles. The van der Waals surface area contributed by atoms with Crippen molar-refractivity contribution in [3.8, 4) is 11.4 Å². The molecule has 0 aliphatic rings. The quantitative estimate of drug-likeness (QED) is 0.0342. The Hall–Kier alpha value is -1.63. The summed E-state index contributed by atoms with van der Waals surface area (Å²) < 4.78 is 0. The minimum absolute atomic E-state index is 0.557. The van der Waals surface area contributed by atoms with E-state index in [1.165, 1.54) is 151 Å². The lowest BCUT2D eigenvalue weighted by Gasteiger charge is -2.18. The minimum atomic E-state index is 0.557. The lowest BCUT2D eigenvalue weighted by Crippen LogP contribution is -2.06. The van der Waals surface area contributed by atoms with Gasteiger partial charge in [-0.1, -0.05) is 148 Å². The fourth-order valence-electron chi connectivity index (χ4n) is 6.78. The summed E-state index contributed by atoms with van der Waals surface area (Å²) in [5, 5.41) is 7.47. The zero-order valence-corrected chi connectivity index (χ0v) is 44.8. The molecule has 0 amide bonds. The van der Waals surface area contributed by atoms with E-state index in [-0.39, 0.29) is 0 Å². The lowest BCUT2D eigenvalue weighted by atomic mass is 10.1. The van der Waals surface area contributed by atoms with Gasteiger partial charge in [-0.2, -0.15) is 15.0 Å². The van der Waals surface area contributed by atoms with Gasteiger partial charge in [0, 0.05) is 46.3 Å². The fourth-order valence-corrected chi connectivity index (χ4v) is 14.3. The molecule has 2 N–H and O–H groups in total. The van der Waals surface area contributed by atoms with Crippen LogP contribution in [0.2, 0.25) is 0 Å². The van der Waals surface area contributed by atoms with Crippen LogP contribution in [0.4, 0.5) is 23.3 Å². The van der Waals surface area contributed by atoms with Crippen molar-refractivity contribution in [3.05, 3.63) is 54.1 Å². The van der Waals surface area contributed by atoms with Crippen LogP contribution < -0.4 is 10.6 Å². The first-order chi connectivity index (χ1) is 30.9. The number of nitrogens with zero attached hydrogens (tertiary/aromatic N) is 3. The number of rotatable bonds is 35. The zero-order chi connectivity index (χ0) is 44.9. The molecule has 0 fully saturated rings. The molecule has 348 valence electrons. The van der Waals surface area contributed by atoms with E-state index in [0.29, 0.717) is 17.7 Å². The smallest absolute Gasteiger partial charge is 0.232 e. The summed E-state index contributed by atoms with van der Waals surface area (Å²) in [5.74, 6) is 8.61. The van der Waals surface area contributed by atoms with Crippen molar-refractivity contribution in [2.45, 2.75) is 193 Å². The molecule has 1 aromatic heterocycles. The van der Waals surface area contributed by atoms with Crippen molar-refractivity contribution in [1.82, 2.24) is 15.0 Å². The summed E-state index contributed by atoms with van der Waals surface area (Å²) in [6.45, 7) is 15.9. The Kier molecular flexibility index (Phi) is 28.2. The highest BCUT2D eigenvalue weighted by Gasteiger charge is 2.18. The van der Waals surface area contributed by atoms with Crippen LogP contribution in [0, 0.1) is 6.92 Å². The van der Waals surface area contributed by atoms with Crippen molar-refractivity contribution in [2.24, 2.45) is 0 Å². The average molecular weight is 967 g/mol. The third kappa shape index (κ3) is 20.4. The summed E-state index contributed by atoms with van der Waals surface area (Å²) in [6, 6.07) is 18.0. The standard InChI is InChI=1S/C52H79N5S6/c1-8-14-20-30-58-44-36-42(37-45(59-31-21-15-9-2)48(44)62-34-24-18-12-5)53-51-55-50(41-28-26-40(7)27-29-41)56-52(57-51)54-43-38-46(60-32-22-16-10-3)49(63-35-25-19-13-6)47(39-43)61-33-23-17-11-4/h26-29,36-39H,8-25,30-35H2,1-7H3,(H2,53,54,55,56,57). The first-order valence-electron chi connectivity index (χ1n) is 24.4. The Balaban J connectivity index is 1.79. The van der Waals surface area contributed by atoms with Gasteiger partial charge >= 0.3 is 0 Å². The normalized spacial score (nSPS) is 11.4. The van der Waals surface area contributed by atoms with E-state index < -0.39 is 0 Å². The molecule has 0 spiro atoms. The van der Waals surface area contributed by atoms with Gasteiger partial charge in [0.15, 0.2) is 5.82 Å². The molecule has 1 heterocycles. The molecule has 63 heavy (non-hydrogen) atoms. The van der Waals surface area contributed by atoms with Crippen molar-refractivity contribution >= 4 is 93.8 Å². The van der Waals surface area contributed by atoms with Crippen LogP contribution in [0.1, 0.15) is 163 Å². The molecule has 5 nitrogen and oxygen atoms in total. The first kappa shape index (κ1) is 54.0. The molecule has 0 aliphatic heterocycles. The minimum Gasteiger partial charge on any atom is -0.324 e. The molecular formula is C52H79N5S6. The van der Waals surface area contributed by atoms with Gasteiger partial charge in [-0.15, -0.1) is 70.6 Å². The highest BCUT2D eigenvalue weighted by Crippen LogP contribution is 2.44. The van der Waals surface area contributed by atoms with Gasteiger partial charge in [0.05, 0.1) is 0 Å². The number of hydrogen-bond donors (Lipinski definition) is 2. The van der Waals surface area contributed by atoms with E-state index in [1.807, 2.05) is 47.0 Å². The molecule has 4 aromatic rings. The van der Waals surface area contributed by atoms with Gasteiger partial charge in [0.1, 0.15) is 0 Å². The summed E-state index contributed by atoms with van der Waals surface area (Å²) in [7, 11) is 0. The fraction of sp³-hybridized carbons (Fsp3) is 0.596. The van der Waals surface area contributed by atoms with Gasteiger partial charge in [0.2, 0.25) is 11.9 Å². The Labute approximate surface area is 409 Å². The maximum atomic E-state index is 5.13. The Morgan fingerprint density at radius 2 is 0.683 bits per heavy atom.